The fraction of sp³-hybridized carbons (Fsp3) is 0.0769. The van der Waals surface area contributed by atoms with Crippen LogP contribution in [0.1, 0.15) is 5.69 Å². The van der Waals surface area contributed by atoms with Gasteiger partial charge in [0.05, 0.1) is 4.90 Å². The lowest BCUT2D eigenvalue weighted by Crippen LogP contribution is -2.17. The van der Waals surface area contributed by atoms with Gasteiger partial charge in [0.15, 0.2) is 9.84 Å². The summed E-state index contributed by atoms with van der Waals surface area (Å²) >= 11 is 0. The molecule has 2 N–H and O–H groups in total. The molecule has 0 fully saturated rings. The van der Waals surface area contributed by atoms with Crippen molar-refractivity contribution in [1.82, 2.24) is 4.98 Å². The number of sulfone groups is 1. The predicted octanol–water partition coefficient (Wildman–Crippen LogP) is 1.22. The molecule has 1 heterocycles. The Morgan fingerprint density at radius 3 is 2.42 bits per heavy atom. The number of hydrogen-bond acceptors (Lipinski definition) is 4. The van der Waals surface area contributed by atoms with Crippen LogP contribution in [0, 0.1) is 0 Å². The number of benzene rings is 1. The Labute approximate surface area is 111 Å². The van der Waals surface area contributed by atoms with E-state index in [4.69, 9.17) is 5.73 Å². The lowest BCUT2D eigenvalue weighted by Gasteiger charge is -2.02. The summed E-state index contributed by atoms with van der Waals surface area (Å²) < 4.78 is 24.0. The van der Waals surface area contributed by atoms with Crippen LogP contribution < -0.4 is 5.73 Å². The first kappa shape index (κ1) is 13.2. The van der Waals surface area contributed by atoms with Gasteiger partial charge in [-0.05, 0) is 24.3 Å². The highest BCUT2D eigenvalue weighted by molar-refractivity contribution is 7.91. The summed E-state index contributed by atoms with van der Waals surface area (Å²) in [6.45, 7) is 0. The van der Waals surface area contributed by atoms with Crippen LogP contribution in [0.3, 0.4) is 0 Å². The minimum atomic E-state index is -3.46. The molecule has 0 radical (unpaired) electrons. The van der Waals surface area contributed by atoms with Gasteiger partial charge in [-0.3, -0.25) is 9.98 Å². The van der Waals surface area contributed by atoms with E-state index < -0.39 is 9.84 Å². The van der Waals surface area contributed by atoms with Crippen molar-refractivity contribution < 1.29 is 8.42 Å². The van der Waals surface area contributed by atoms with Crippen LogP contribution in [0.25, 0.3) is 0 Å². The highest BCUT2D eigenvalue weighted by Gasteiger charge is 2.13. The lowest BCUT2D eigenvalue weighted by molar-refractivity contribution is 0.596. The van der Waals surface area contributed by atoms with E-state index in [1.807, 2.05) is 0 Å². The van der Waals surface area contributed by atoms with Crippen LogP contribution in [0.4, 0.5) is 0 Å². The van der Waals surface area contributed by atoms with Crippen molar-refractivity contribution in [2.75, 3.05) is 5.88 Å². The predicted molar refractivity (Wildman–Crippen MR) is 73.5 cm³/mol. The largest absolute Gasteiger partial charge is 0.382 e. The van der Waals surface area contributed by atoms with Crippen LogP contribution in [0.5, 0.6) is 0 Å². The van der Waals surface area contributed by atoms with E-state index in [0.717, 1.165) is 0 Å². The van der Waals surface area contributed by atoms with Gasteiger partial charge in [0.1, 0.15) is 17.4 Å². The van der Waals surface area contributed by atoms with E-state index in [9.17, 15) is 8.42 Å². The molecular weight excluding hydrogens is 262 g/mol. The van der Waals surface area contributed by atoms with Crippen molar-refractivity contribution in [3.05, 3.63) is 60.4 Å². The summed E-state index contributed by atoms with van der Waals surface area (Å²) in [7, 11) is -3.46. The second-order valence-electron chi connectivity index (χ2n) is 3.82. The molecule has 0 bridgehead atoms. The first-order valence-corrected chi connectivity index (χ1v) is 7.24. The maximum Gasteiger partial charge on any atom is 0.198 e. The third-order valence-electron chi connectivity index (χ3n) is 2.43. The van der Waals surface area contributed by atoms with E-state index in [0.29, 0.717) is 5.69 Å². The van der Waals surface area contributed by atoms with Gasteiger partial charge < -0.3 is 5.73 Å². The van der Waals surface area contributed by atoms with Crippen molar-refractivity contribution in [2.45, 2.75) is 4.90 Å². The van der Waals surface area contributed by atoms with Gasteiger partial charge in [0.25, 0.3) is 0 Å². The molecule has 1 aromatic carbocycles. The maximum absolute atomic E-state index is 12.0. The Bertz CT molecular complexity index is 668. The number of aromatic nitrogens is 1. The molecule has 0 saturated carbocycles. The minimum Gasteiger partial charge on any atom is -0.382 e. The number of nitrogens with zero attached hydrogens (tertiary/aromatic N) is 2. The Balaban J connectivity index is 2.19. The molecule has 0 aliphatic carbocycles. The molecule has 0 aliphatic heterocycles. The average Bonchev–Trinajstić information content (AvgIpc) is 2.47. The third kappa shape index (κ3) is 3.38. The Kier molecular flexibility index (Phi) is 3.91. The number of rotatable bonds is 4. The second kappa shape index (κ2) is 5.62. The van der Waals surface area contributed by atoms with E-state index in [1.54, 1.807) is 42.6 Å². The summed E-state index contributed by atoms with van der Waals surface area (Å²) in [4.78, 5) is 8.12. The van der Waals surface area contributed by atoms with Gasteiger partial charge in [-0.25, -0.2) is 8.42 Å². The van der Waals surface area contributed by atoms with Crippen LogP contribution >= 0.6 is 0 Å². The molecule has 98 valence electrons. The zero-order valence-electron chi connectivity index (χ0n) is 10.1. The molecule has 2 aromatic rings. The van der Waals surface area contributed by atoms with Gasteiger partial charge in [-0.2, -0.15) is 0 Å². The van der Waals surface area contributed by atoms with Gasteiger partial charge >= 0.3 is 0 Å². The molecule has 0 atom stereocenters. The van der Waals surface area contributed by atoms with Crippen molar-refractivity contribution >= 4 is 15.7 Å². The van der Waals surface area contributed by atoms with Crippen molar-refractivity contribution in [3.63, 3.8) is 0 Å². The van der Waals surface area contributed by atoms with E-state index >= 15 is 0 Å². The normalized spacial score (nSPS) is 12.3. The molecule has 6 heteroatoms. The minimum absolute atomic E-state index is 0.111. The molecular formula is C13H13N3O2S. The van der Waals surface area contributed by atoms with Crippen LogP contribution in [0.15, 0.2) is 64.6 Å². The molecule has 0 saturated heterocycles. The quantitative estimate of drug-likeness (QED) is 0.671. The monoisotopic (exact) mass is 275 g/mol. The number of amidine groups is 1. The van der Waals surface area contributed by atoms with Crippen LogP contribution in [0.2, 0.25) is 0 Å². The molecule has 2 rings (SSSR count). The number of hydrogen-bond donors (Lipinski definition) is 1. The Hall–Kier alpha value is -2.21. The van der Waals surface area contributed by atoms with Gasteiger partial charge in [0.2, 0.25) is 0 Å². The smallest absolute Gasteiger partial charge is 0.198 e. The van der Waals surface area contributed by atoms with Gasteiger partial charge in [0, 0.05) is 6.20 Å². The summed E-state index contributed by atoms with van der Waals surface area (Å²) in [5.41, 5.74) is 6.17. The van der Waals surface area contributed by atoms with Gasteiger partial charge in [-0.1, -0.05) is 24.3 Å². The van der Waals surface area contributed by atoms with Crippen molar-refractivity contribution in [3.8, 4) is 0 Å². The molecule has 1 aromatic heterocycles. The van der Waals surface area contributed by atoms with Crippen LogP contribution in [-0.4, -0.2) is 25.1 Å². The van der Waals surface area contributed by atoms with E-state index in [-0.39, 0.29) is 16.6 Å². The molecule has 0 amide bonds. The molecule has 0 aliphatic rings. The first-order chi connectivity index (χ1) is 9.09. The zero-order valence-corrected chi connectivity index (χ0v) is 10.9. The highest BCUT2D eigenvalue weighted by Crippen LogP contribution is 2.10. The van der Waals surface area contributed by atoms with E-state index in [1.165, 1.54) is 12.1 Å². The first-order valence-electron chi connectivity index (χ1n) is 5.59. The highest BCUT2D eigenvalue weighted by atomic mass is 32.2. The molecule has 19 heavy (non-hydrogen) atoms. The van der Waals surface area contributed by atoms with Crippen molar-refractivity contribution in [2.24, 2.45) is 10.7 Å². The molecule has 0 unspecified atom stereocenters. The SMILES string of the molecule is NC(=NCS(=O)(=O)c1ccccc1)c1ccccn1. The topological polar surface area (TPSA) is 85.4 Å². The standard InChI is InChI=1S/C13H13N3O2S/c14-13(12-8-4-5-9-15-12)16-10-19(17,18)11-6-2-1-3-7-11/h1-9H,10H2,(H2,14,16). The number of pyridine rings is 1. The summed E-state index contributed by atoms with van der Waals surface area (Å²) in [6, 6.07) is 13.3. The number of aliphatic imine (C=N–C) groups is 1. The van der Waals surface area contributed by atoms with E-state index in [2.05, 4.69) is 9.98 Å². The van der Waals surface area contributed by atoms with Crippen LogP contribution in [-0.2, 0) is 9.84 Å². The van der Waals surface area contributed by atoms with Crippen molar-refractivity contribution in [1.29, 1.82) is 0 Å². The zero-order chi connectivity index (χ0) is 13.7. The Morgan fingerprint density at radius 1 is 1.11 bits per heavy atom. The number of nitrogens with two attached hydrogens (primary N) is 1. The second-order valence-corrected chi connectivity index (χ2v) is 5.77. The summed E-state index contributed by atoms with van der Waals surface area (Å²) in [5.74, 6) is -0.278. The average molecular weight is 275 g/mol. The summed E-state index contributed by atoms with van der Waals surface area (Å²) in [6.07, 6.45) is 1.57. The molecule has 5 nitrogen and oxygen atoms in total. The van der Waals surface area contributed by atoms with Gasteiger partial charge in [-0.15, -0.1) is 0 Å². The summed E-state index contributed by atoms with van der Waals surface area (Å²) in [5, 5.41) is 0. The lowest BCUT2D eigenvalue weighted by atomic mass is 10.3. The maximum atomic E-state index is 12.0. The Morgan fingerprint density at radius 2 is 1.79 bits per heavy atom. The molecule has 0 spiro atoms. The fourth-order valence-electron chi connectivity index (χ4n) is 1.45. The fourth-order valence-corrected chi connectivity index (χ4v) is 2.48. The third-order valence-corrected chi connectivity index (χ3v) is 3.89.